The maximum absolute atomic E-state index is 13.2. The lowest BCUT2D eigenvalue weighted by molar-refractivity contribution is 0.0930. The number of halogens is 1. The number of nitrogens with one attached hydrogen (secondary N) is 1. The van der Waals surface area contributed by atoms with Crippen molar-refractivity contribution in [1.29, 1.82) is 0 Å². The van der Waals surface area contributed by atoms with Gasteiger partial charge in [-0.25, -0.2) is 9.37 Å². The van der Waals surface area contributed by atoms with Crippen molar-refractivity contribution in [3.63, 3.8) is 0 Å². The van der Waals surface area contributed by atoms with Gasteiger partial charge in [0.25, 0.3) is 5.91 Å². The molecule has 1 aliphatic heterocycles. The summed E-state index contributed by atoms with van der Waals surface area (Å²) in [7, 11) is 0. The number of piperidine rings is 1. The number of hydrogen-bond donors (Lipinski definition) is 2. The number of benzene rings is 1. The predicted molar refractivity (Wildman–Crippen MR) is 94.4 cm³/mol. The van der Waals surface area contributed by atoms with E-state index >= 15 is 0 Å². The van der Waals surface area contributed by atoms with Gasteiger partial charge in [-0.2, -0.15) is 0 Å². The van der Waals surface area contributed by atoms with Crippen LogP contribution in [0.4, 0.5) is 4.39 Å². The molecule has 7 heteroatoms. The molecule has 26 heavy (non-hydrogen) atoms. The second-order valence-corrected chi connectivity index (χ2v) is 6.84. The molecular formula is C19H24FN3O3. The van der Waals surface area contributed by atoms with Crippen LogP contribution in [0.3, 0.4) is 0 Å². The van der Waals surface area contributed by atoms with E-state index in [1.807, 2.05) is 13.8 Å². The highest BCUT2D eigenvalue weighted by Gasteiger charge is 2.22. The Balaban J connectivity index is 1.45. The highest BCUT2D eigenvalue weighted by Crippen LogP contribution is 2.21. The fourth-order valence-corrected chi connectivity index (χ4v) is 3.17. The zero-order valence-corrected chi connectivity index (χ0v) is 15.1. The summed E-state index contributed by atoms with van der Waals surface area (Å²) in [5.41, 5.74) is 0.898. The Morgan fingerprint density at radius 2 is 2.12 bits per heavy atom. The Kier molecular flexibility index (Phi) is 5.56. The molecule has 2 N–H and O–H groups in total. The topological polar surface area (TPSA) is 78.6 Å². The van der Waals surface area contributed by atoms with Crippen molar-refractivity contribution in [1.82, 2.24) is 15.2 Å². The summed E-state index contributed by atoms with van der Waals surface area (Å²) in [5.74, 6) is 0.758. The van der Waals surface area contributed by atoms with Crippen LogP contribution in [0.2, 0.25) is 0 Å². The molecule has 6 nitrogen and oxygen atoms in total. The van der Waals surface area contributed by atoms with Crippen molar-refractivity contribution in [2.24, 2.45) is 5.92 Å². The van der Waals surface area contributed by atoms with Gasteiger partial charge in [0.05, 0.1) is 17.8 Å². The number of hydrogen-bond acceptors (Lipinski definition) is 5. The van der Waals surface area contributed by atoms with E-state index in [2.05, 4.69) is 15.2 Å². The summed E-state index contributed by atoms with van der Waals surface area (Å²) in [4.78, 5) is 18.8. The van der Waals surface area contributed by atoms with E-state index in [-0.39, 0.29) is 11.3 Å². The molecule has 1 aromatic heterocycles. The first-order chi connectivity index (χ1) is 12.4. The minimum atomic E-state index is -0.543. The number of likely N-dealkylation sites (tertiary alicyclic amines) is 1. The van der Waals surface area contributed by atoms with Crippen LogP contribution < -0.4 is 5.32 Å². The number of carbonyl (C=O) groups is 1. The van der Waals surface area contributed by atoms with E-state index in [1.165, 1.54) is 6.07 Å². The van der Waals surface area contributed by atoms with Crippen molar-refractivity contribution < 1.29 is 18.7 Å². The Labute approximate surface area is 152 Å². The summed E-state index contributed by atoms with van der Waals surface area (Å²) < 4.78 is 18.9. The van der Waals surface area contributed by atoms with E-state index in [4.69, 9.17) is 4.42 Å². The number of oxazole rings is 1. The molecule has 3 rings (SSSR count). The number of aromatic nitrogens is 1. The van der Waals surface area contributed by atoms with Crippen LogP contribution in [-0.2, 0) is 6.54 Å². The van der Waals surface area contributed by atoms with Gasteiger partial charge in [0.2, 0.25) is 5.89 Å². The van der Waals surface area contributed by atoms with Crippen LogP contribution in [0, 0.1) is 25.6 Å². The van der Waals surface area contributed by atoms with Crippen LogP contribution in [0.25, 0.3) is 0 Å². The van der Waals surface area contributed by atoms with Crippen molar-refractivity contribution in [2.75, 3.05) is 19.6 Å². The molecule has 2 heterocycles. The Morgan fingerprint density at radius 3 is 2.77 bits per heavy atom. The van der Waals surface area contributed by atoms with E-state index in [0.717, 1.165) is 55.4 Å². The molecule has 2 aromatic rings. The number of aryl methyl sites for hydroxylation is 2. The van der Waals surface area contributed by atoms with Crippen molar-refractivity contribution in [3.05, 3.63) is 46.9 Å². The zero-order valence-electron chi connectivity index (χ0n) is 15.1. The molecule has 1 aliphatic rings. The van der Waals surface area contributed by atoms with Gasteiger partial charge in [0.15, 0.2) is 0 Å². The van der Waals surface area contributed by atoms with Crippen molar-refractivity contribution in [2.45, 2.75) is 33.2 Å². The van der Waals surface area contributed by atoms with Crippen LogP contribution in [-0.4, -0.2) is 40.5 Å². The summed E-state index contributed by atoms with van der Waals surface area (Å²) in [5, 5.41) is 12.5. The molecule has 0 aliphatic carbocycles. The van der Waals surface area contributed by atoms with Gasteiger partial charge >= 0.3 is 0 Å². The lowest BCUT2D eigenvalue weighted by Crippen LogP contribution is -2.38. The van der Waals surface area contributed by atoms with Crippen molar-refractivity contribution >= 4 is 5.91 Å². The highest BCUT2D eigenvalue weighted by molar-refractivity contribution is 5.96. The minimum absolute atomic E-state index is 0.0305. The summed E-state index contributed by atoms with van der Waals surface area (Å²) in [6.07, 6.45) is 1.90. The highest BCUT2D eigenvalue weighted by atomic mass is 19.1. The van der Waals surface area contributed by atoms with Gasteiger partial charge in [0.1, 0.15) is 17.3 Å². The molecule has 0 bridgehead atoms. The van der Waals surface area contributed by atoms with Crippen LogP contribution in [0.15, 0.2) is 22.6 Å². The fraction of sp³-hybridized carbons (Fsp3) is 0.474. The first-order valence-corrected chi connectivity index (χ1v) is 8.84. The maximum Gasteiger partial charge on any atom is 0.255 e. The molecular weight excluding hydrogens is 337 g/mol. The summed E-state index contributed by atoms with van der Waals surface area (Å²) in [6, 6.07) is 3.36. The Hall–Kier alpha value is -2.41. The van der Waals surface area contributed by atoms with Gasteiger partial charge in [-0.05, 0) is 63.9 Å². The summed E-state index contributed by atoms with van der Waals surface area (Å²) in [6.45, 7) is 6.88. The van der Waals surface area contributed by atoms with Gasteiger partial charge in [-0.3, -0.25) is 9.69 Å². The van der Waals surface area contributed by atoms with Crippen LogP contribution in [0.5, 0.6) is 5.75 Å². The van der Waals surface area contributed by atoms with E-state index in [1.54, 1.807) is 0 Å². The molecule has 1 saturated heterocycles. The number of carbonyl (C=O) groups excluding carboxylic acids is 1. The number of phenolic OH excluding ortho intramolecular Hbond substituents is 1. The number of amides is 1. The molecule has 0 spiro atoms. The van der Waals surface area contributed by atoms with E-state index in [0.29, 0.717) is 19.0 Å². The number of rotatable bonds is 5. The third-order valence-corrected chi connectivity index (χ3v) is 4.89. The van der Waals surface area contributed by atoms with Crippen molar-refractivity contribution in [3.8, 4) is 5.75 Å². The standard InChI is InChI=1S/C19H24FN3O3/c1-12-13(2)26-18(22-12)11-23-7-5-14(6-8-23)10-21-19(25)16-9-15(20)3-4-17(16)24/h3-4,9,14,24H,5-8,10-11H2,1-2H3,(H,21,25). The number of phenols is 1. The van der Waals surface area contributed by atoms with Crippen LogP contribution in [0.1, 0.15) is 40.5 Å². The SMILES string of the molecule is Cc1nc(CN2CCC(CNC(=O)c3cc(F)ccc3O)CC2)oc1C. The quantitative estimate of drug-likeness (QED) is 0.856. The van der Waals surface area contributed by atoms with Gasteiger partial charge < -0.3 is 14.8 Å². The monoisotopic (exact) mass is 361 g/mol. The van der Waals surface area contributed by atoms with E-state index in [9.17, 15) is 14.3 Å². The Bertz CT molecular complexity index is 763. The molecule has 1 aromatic carbocycles. The second-order valence-electron chi connectivity index (χ2n) is 6.84. The molecule has 0 saturated carbocycles. The normalized spacial score (nSPS) is 16.0. The molecule has 1 amide bonds. The fourth-order valence-electron chi connectivity index (χ4n) is 3.17. The number of nitrogens with zero attached hydrogens (tertiary/aromatic N) is 2. The lowest BCUT2D eigenvalue weighted by atomic mass is 9.96. The molecule has 0 radical (unpaired) electrons. The van der Waals surface area contributed by atoms with Gasteiger partial charge in [-0.15, -0.1) is 0 Å². The largest absolute Gasteiger partial charge is 0.507 e. The zero-order chi connectivity index (χ0) is 18.7. The lowest BCUT2D eigenvalue weighted by Gasteiger charge is -2.31. The maximum atomic E-state index is 13.2. The predicted octanol–water partition coefficient (Wildman–Crippen LogP) is 2.78. The molecule has 0 atom stereocenters. The van der Waals surface area contributed by atoms with Crippen LogP contribution >= 0.6 is 0 Å². The minimum Gasteiger partial charge on any atom is -0.507 e. The molecule has 140 valence electrons. The first-order valence-electron chi connectivity index (χ1n) is 8.84. The Morgan fingerprint density at radius 1 is 1.38 bits per heavy atom. The van der Waals surface area contributed by atoms with E-state index < -0.39 is 11.7 Å². The molecule has 1 fully saturated rings. The third kappa shape index (κ3) is 4.40. The smallest absolute Gasteiger partial charge is 0.255 e. The average Bonchev–Trinajstić information content (AvgIpc) is 2.93. The first kappa shape index (κ1) is 18.4. The number of aromatic hydroxyl groups is 1. The average molecular weight is 361 g/mol. The van der Waals surface area contributed by atoms with Gasteiger partial charge in [-0.1, -0.05) is 0 Å². The summed E-state index contributed by atoms with van der Waals surface area (Å²) >= 11 is 0. The third-order valence-electron chi connectivity index (χ3n) is 4.89. The second kappa shape index (κ2) is 7.86. The van der Waals surface area contributed by atoms with Gasteiger partial charge in [0, 0.05) is 6.54 Å². The molecule has 0 unspecified atom stereocenters.